The van der Waals surface area contributed by atoms with Crippen molar-refractivity contribution in [2.24, 2.45) is 5.92 Å². The Kier molecular flexibility index (Phi) is 3.42. The fourth-order valence-electron chi connectivity index (χ4n) is 3.62. The fraction of sp³-hybridized carbons (Fsp3) is 0.667. The zero-order valence-corrected chi connectivity index (χ0v) is 13.4. The normalized spacial score (nSPS) is 30.4. The van der Waals surface area contributed by atoms with Crippen molar-refractivity contribution in [3.63, 3.8) is 0 Å². The van der Waals surface area contributed by atoms with E-state index in [-0.39, 0.29) is 5.54 Å². The van der Waals surface area contributed by atoms with Crippen LogP contribution in [-0.4, -0.2) is 29.1 Å². The predicted octanol–water partition coefficient (Wildman–Crippen LogP) is 3.35. The van der Waals surface area contributed by atoms with Crippen LogP contribution in [0.5, 0.6) is 0 Å². The summed E-state index contributed by atoms with van der Waals surface area (Å²) in [7, 11) is 0. The highest BCUT2D eigenvalue weighted by atomic mass is 15.3. The molecule has 2 heteroatoms. The Balaban J connectivity index is 1.82. The maximum Gasteiger partial charge on any atom is 0.0338 e. The van der Waals surface area contributed by atoms with Crippen molar-refractivity contribution in [1.29, 1.82) is 0 Å². The van der Waals surface area contributed by atoms with Crippen molar-refractivity contribution >= 4 is 0 Å². The molecule has 1 atom stereocenters. The molecular formula is C18H28N2. The van der Waals surface area contributed by atoms with Gasteiger partial charge in [0.1, 0.15) is 0 Å². The van der Waals surface area contributed by atoms with Crippen LogP contribution < -0.4 is 5.32 Å². The molecule has 20 heavy (non-hydrogen) atoms. The first-order chi connectivity index (χ1) is 9.39. The lowest BCUT2D eigenvalue weighted by Gasteiger charge is -2.52. The molecule has 1 N–H and O–H groups in total. The zero-order valence-electron chi connectivity index (χ0n) is 13.4. The number of aryl methyl sites for hydroxylation is 1. The van der Waals surface area contributed by atoms with Gasteiger partial charge in [-0.1, -0.05) is 29.8 Å². The van der Waals surface area contributed by atoms with Crippen LogP contribution >= 0.6 is 0 Å². The van der Waals surface area contributed by atoms with E-state index < -0.39 is 0 Å². The Hall–Kier alpha value is -0.860. The van der Waals surface area contributed by atoms with Gasteiger partial charge >= 0.3 is 0 Å². The van der Waals surface area contributed by atoms with Gasteiger partial charge in [0, 0.05) is 30.7 Å². The molecule has 1 aliphatic heterocycles. The number of benzene rings is 1. The predicted molar refractivity (Wildman–Crippen MR) is 84.8 cm³/mol. The maximum atomic E-state index is 3.76. The highest BCUT2D eigenvalue weighted by Gasteiger charge is 2.49. The number of rotatable bonds is 3. The molecule has 1 aromatic carbocycles. The first kappa shape index (κ1) is 14.1. The molecule has 1 aliphatic carbocycles. The van der Waals surface area contributed by atoms with Crippen LogP contribution in [0.1, 0.15) is 44.7 Å². The monoisotopic (exact) mass is 272 g/mol. The van der Waals surface area contributed by atoms with Gasteiger partial charge in [-0.05, 0) is 52.0 Å². The molecule has 0 aromatic heterocycles. The van der Waals surface area contributed by atoms with Gasteiger partial charge in [-0.15, -0.1) is 0 Å². The van der Waals surface area contributed by atoms with Crippen LogP contribution in [0, 0.1) is 12.8 Å². The molecule has 2 fully saturated rings. The molecule has 2 nitrogen and oxygen atoms in total. The number of hydrogen-bond donors (Lipinski definition) is 1. The van der Waals surface area contributed by atoms with Gasteiger partial charge < -0.3 is 5.32 Å². The minimum atomic E-state index is 0.220. The molecule has 0 radical (unpaired) electrons. The van der Waals surface area contributed by atoms with Gasteiger partial charge in [-0.3, -0.25) is 4.90 Å². The number of piperazine rings is 1. The minimum absolute atomic E-state index is 0.220. The summed E-state index contributed by atoms with van der Waals surface area (Å²) < 4.78 is 0. The van der Waals surface area contributed by atoms with Crippen molar-refractivity contribution in [3.8, 4) is 0 Å². The van der Waals surface area contributed by atoms with Crippen LogP contribution in [0.15, 0.2) is 24.3 Å². The fourth-order valence-corrected chi connectivity index (χ4v) is 3.62. The van der Waals surface area contributed by atoms with Crippen LogP contribution in [-0.2, 0) is 6.54 Å². The first-order valence-corrected chi connectivity index (χ1v) is 7.95. The highest BCUT2D eigenvalue weighted by molar-refractivity contribution is 5.23. The van der Waals surface area contributed by atoms with Crippen LogP contribution in [0.2, 0.25) is 0 Å². The lowest BCUT2D eigenvalue weighted by molar-refractivity contribution is 0.00519. The molecule has 110 valence electrons. The van der Waals surface area contributed by atoms with E-state index in [1.165, 1.54) is 24.0 Å². The van der Waals surface area contributed by atoms with Crippen molar-refractivity contribution in [2.75, 3.05) is 13.1 Å². The lowest BCUT2D eigenvalue weighted by Crippen LogP contribution is -2.67. The summed E-state index contributed by atoms with van der Waals surface area (Å²) in [5, 5.41) is 3.76. The van der Waals surface area contributed by atoms with Gasteiger partial charge in [0.05, 0.1) is 0 Å². The molecule has 0 spiro atoms. The van der Waals surface area contributed by atoms with Gasteiger partial charge in [-0.2, -0.15) is 0 Å². The second-order valence-electron chi connectivity index (χ2n) is 7.71. The van der Waals surface area contributed by atoms with E-state index in [1.54, 1.807) is 0 Å². The smallest absolute Gasteiger partial charge is 0.0338 e. The third-order valence-electron chi connectivity index (χ3n) is 5.15. The van der Waals surface area contributed by atoms with Crippen molar-refractivity contribution < 1.29 is 0 Å². The molecule has 1 aromatic rings. The van der Waals surface area contributed by atoms with Crippen LogP contribution in [0.3, 0.4) is 0 Å². The molecule has 1 saturated heterocycles. The number of hydrogen-bond acceptors (Lipinski definition) is 2. The largest absolute Gasteiger partial charge is 0.309 e. The maximum absolute atomic E-state index is 3.76. The Morgan fingerprint density at radius 2 is 2.00 bits per heavy atom. The second-order valence-corrected chi connectivity index (χ2v) is 7.71. The minimum Gasteiger partial charge on any atom is -0.309 e. The van der Waals surface area contributed by atoms with Gasteiger partial charge in [0.2, 0.25) is 0 Å². The quantitative estimate of drug-likeness (QED) is 0.908. The summed E-state index contributed by atoms with van der Waals surface area (Å²) in [6, 6.07) is 8.98. The molecule has 2 aliphatic rings. The van der Waals surface area contributed by atoms with E-state index in [0.717, 1.165) is 25.6 Å². The highest BCUT2D eigenvalue weighted by Crippen LogP contribution is 2.45. The average molecular weight is 272 g/mol. The summed E-state index contributed by atoms with van der Waals surface area (Å²) in [6.45, 7) is 12.6. The molecule has 0 bridgehead atoms. The molecule has 1 heterocycles. The zero-order chi connectivity index (χ0) is 14.4. The summed E-state index contributed by atoms with van der Waals surface area (Å²) in [5.74, 6) is 0.885. The topological polar surface area (TPSA) is 15.3 Å². The Bertz CT molecular complexity index is 490. The van der Waals surface area contributed by atoms with Crippen molar-refractivity contribution in [1.82, 2.24) is 10.2 Å². The molecule has 0 amide bonds. The van der Waals surface area contributed by atoms with Gasteiger partial charge in [0.15, 0.2) is 0 Å². The van der Waals surface area contributed by atoms with E-state index in [0.29, 0.717) is 5.54 Å². The third kappa shape index (κ3) is 2.77. The van der Waals surface area contributed by atoms with E-state index in [2.05, 4.69) is 62.2 Å². The standard InChI is InChI=1S/C18H28N2/c1-14-6-5-7-15(10-14)11-20-13-17(2,3)19-12-18(20,4)16-8-9-16/h5-7,10,16,19H,8-9,11-13H2,1-4H3. The van der Waals surface area contributed by atoms with Crippen LogP contribution in [0.25, 0.3) is 0 Å². The second kappa shape index (κ2) is 4.85. The van der Waals surface area contributed by atoms with Crippen molar-refractivity contribution in [3.05, 3.63) is 35.4 Å². The van der Waals surface area contributed by atoms with Gasteiger partial charge in [-0.25, -0.2) is 0 Å². The summed E-state index contributed by atoms with van der Waals surface area (Å²) in [4.78, 5) is 2.73. The van der Waals surface area contributed by atoms with Gasteiger partial charge in [0.25, 0.3) is 0 Å². The SMILES string of the molecule is Cc1cccc(CN2CC(C)(C)NCC2(C)C2CC2)c1. The third-order valence-corrected chi connectivity index (χ3v) is 5.15. The Labute approximate surface area is 123 Å². The molecule has 3 rings (SSSR count). The Morgan fingerprint density at radius 1 is 1.25 bits per heavy atom. The lowest BCUT2D eigenvalue weighted by atomic mass is 9.85. The molecule has 1 saturated carbocycles. The number of nitrogens with zero attached hydrogens (tertiary/aromatic N) is 1. The average Bonchev–Trinajstić information content (AvgIpc) is 3.18. The molecule has 1 unspecified atom stereocenters. The Morgan fingerprint density at radius 3 is 2.65 bits per heavy atom. The first-order valence-electron chi connectivity index (χ1n) is 7.95. The summed E-state index contributed by atoms with van der Waals surface area (Å²) in [6.07, 6.45) is 2.81. The summed E-state index contributed by atoms with van der Waals surface area (Å²) in [5.41, 5.74) is 3.37. The van der Waals surface area contributed by atoms with E-state index >= 15 is 0 Å². The summed E-state index contributed by atoms with van der Waals surface area (Å²) >= 11 is 0. The molecular weight excluding hydrogens is 244 g/mol. The van der Waals surface area contributed by atoms with Crippen molar-refractivity contribution in [2.45, 2.75) is 58.2 Å². The van der Waals surface area contributed by atoms with E-state index in [4.69, 9.17) is 0 Å². The van der Waals surface area contributed by atoms with E-state index in [1.807, 2.05) is 0 Å². The van der Waals surface area contributed by atoms with E-state index in [9.17, 15) is 0 Å². The number of nitrogens with one attached hydrogen (secondary N) is 1. The van der Waals surface area contributed by atoms with Crippen LogP contribution in [0.4, 0.5) is 0 Å².